The minimum absolute atomic E-state index is 0.596. The molecule has 0 bridgehead atoms. The first-order valence-corrected chi connectivity index (χ1v) is 22.3. The molecule has 0 amide bonds. The van der Waals surface area contributed by atoms with Gasteiger partial charge in [0.25, 0.3) is 0 Å². The normalized spacial score (nSPS) is 13.4. The third-order valence-electron chi connectivity index (χ3n) is 7.83. The van der Waals surface area contributed by atoms with E-state index >= 15 is 0 Å². The van der Waals surface area contributed by atoms with Gasteiger partial charge in [0, 0.05) is 0 Å². The average Bonchev–Trinajstić information content (AvgIpc) is 2.90. The monoisotopic (exact) mass is 730 g/mol. The van der Waals surface area contributed by atoms with E-state index in [1.54, 1.807) is 0 Å². The Kier molecular flexibility index (Phi) is 25.2. The quantitative estimate of drug-likeness (QED) is 0.0637. The van der Waals surface area contributed by atoms with Crippen LogP contribution in [0.3, 0.4) is 0 Å². The molecule has 0 saturated carbocycles. The van der Waals surface area contributed by atoms with E-state index in [1.165, 1.54) is 123 Å². The van der Waals surface area contributed by atoms with Crippen LogP contribution in [0, 0.1) is 0 Å². The zero-order chi connectivity index (χ0) is 27.8. The number of ether oxygens (including phenoxy) is 1. The molecule has 0 fully saturated rings. The number of hydrogen-bond donors (Lipinski definition) is 0. The molecule has 0 heterocycles. The number of hydrogen-bond acceptors (Lipinski definition) is 1. The van der Waals surface area contributed by atoms with Gasteiger partial charge in [-0.2, -0.15) is 0 Å². The van der Waals surface area contributed by atoms with E-state index in [-0.39, 0.29) is 0 Å². The third kappa shape index (κ3) is 17.3. The molecule has 0 aromatic carbocycles. The number of allylic oxidation sites excluding steroid dienone is 2. The van der Waals surface area contributed by atoms with Crippen molar-refractivity contribution in [2.24, 2.45) is 0 Å². The van der Waals surface area contributed by atoms with Crippen molar-refractivity contribution in [3.63, 3.8) is 0 Å². The second-order valence-corrected chi connectivity index (χ2v) is 21.8. The summed E-state index contributed by atoms with van der Waals surface area (Å²) in [6.45, 7) is 18.9. The van der Waals surface area contributed by atoms with Gasteiger partial charge in [0.15, 0.2) is 0 Å². The van der Waals surface area contributed by atoms with Crippen LogP contribution < -0.4 is 0 Å². The fourth-order valence-electron chi connectivity index (χ4n) is 5.46. The molecule has 216 valence electrons. The maximum absolute atomic E-state index is 7.20. The predicted molar refractivity (Wildman–Crippen MR) is 172 cm³/mol. The third-order valence-corrected chi connectivity index (χ3v) is 18.3. The van der Waals surface area contributed by atoms with Gasteiger partial charge in [0.1, 0.15) is 0 Å². The fourth-order valence-corrected chi connectivity index (χ4v) is 17.1. The predicted octanol–water partition coefficient (Wildman–Crippen LogP) is 12.4. The van der Waals surface area contributed by atoms with Crippen LogP contribution in [-0.4, -0.2) is 42.3 Å². The molecule has 0 aliphatic carbocycles. The van der Waals surface area contributed by atoms with Gasteiger partial charge < -0.3 is 0 Å². The molecule has 0 saturated heterocycles. The van der Waals surface area contributed by atoms with Gasteiger partial charge in [-0.25, -0.2) is 0 Å². The van der Waals surface area contributed by atoms with Gasteiger partial charge in [0.2, 0.25) is 0 Å². The Labute approximate surface area is 255 Å². The fraction of sp³-hybridized carbons (Fsp3) is 0.882. The first-order chi connectivity index (χ1) is 17.9. The summed E-state index contributed by atoms with van der Waals surface area (Å²) in [5, 5.41) is 0. The van der Waals surface area contributed by atoms with Crippen LogP contribution in [0.5, 0.6) is 0 Å². The second-order valence-electron chi connectivity index (χ2n) is 11.5. The molecule has 0 aromatic rings. The van der Waals surface area contributed by atoms with Crippen molar-refractivity contribution in [2.45, 2.75) is 191 Å². The topological polar surface area (TPSA) is 9.23 Å². The zero-order valence-electron chi connectivity index (χ0n) is 26.7. The van der Waals surface area contributed by atoms with Crippen molar-refractivity contribution < 1.29 is 4.74 Å². The van der Waals surface area contributed by atoms with E-state index in [9.17, 15) is 0 Å². The molecule has 0 aliphatic rings. The average molecular weight is 728 g/mol. The maximum atomic E-state index is 7.20. The van der Waals surface area contributed by atoms with E-state index in [0.717, 1.165) is 12.8 Å². The van der Waals surface area contributed by atoms with Crippen molar-refractivity contribution in [3.8, 4) is 0 Å². The molecule has 3 heteroatoms. The van der Waals surface area contributed by atoms with Gasteiger partial charge >= 0.3 is 257 Å². The Morgan fingerprint density at radius 2 is 0.703 bits per heavy atom. The Balaban J connectivity index is 6.09. The van der Waals surface area contributed by atoms with Crippen LogP contribution in [0.1, 0.15) is 184 Å². The summed E-state index contributed by atoms with van der Waals surface area (Å²) in [5.41, 5.74) is 0. The van der Waals surface area contributed by atoms with Crippen molar-refractivity contribution >= 4 is 42.3 Å². The van der Waals surface area contributed by atoms with Crippen molar-refractivity contribution in [1.29, 1.82) is 0 Å². The molecule has 0 atom stereocenters. The number of rotatable bonds is 26. The van der Waals surface area contributed by atoms with Crippen LogP contribution in [0.25, 0.3) is 0 Å². The molecule has 37 heavy (non-hydrogen) atoms. The van der Waals surface area contributed by atoms with Gasteiger partial charge in [-0.15, -0.1) is 0 Å². The molecular formula is C34H66OSn2. The Hall–Kier alpha value is 0.877. The van der Waals surface area contributed by atoms with Crippen molar-refractivity contribution in [3.05, 3.63) is 19.7 Å². The summed E-state index contributed by atoms with van der Waals surface area (Å²) in [4.78, 5) is 0. The van der Waals surface area contributed by atoms with Gasteiger partial charge in [0.05, 0.1) is 0 Å². The molecule has 0 N–H and O–H groups in total. The molecule has 0 unspecified atom stereocenters. The summed E-state index contributed by atoms with van der Waals surface area (Å²) in [6.07, 6.45) is 32.3. The molecular weight excluding hydrogens is 662 g/mol. The standard InChI is InChI=1S/2C13H27.C8H12O.2Sn/c2*1-4-7-10-13(11-8-5-2)12-9-6-3;1-3-5-7-9-8-6-4-2;;/h2*4-12H2,1-3H3;5-6H,3-4H2,1-2H3;;. The summed E-state index contributed by atoms with van der Waals surface area (Å²) in [5.74, 6) is 0. The van der Waals surface area contributed by atoms with Crippen molar-refractivity contribution in [1.82, 2.24) is 0 Å². The minimum atomic E-state index is -0.841. The SMILES string of the molecule is CCC=[C](O[C](=CCC)[Sn][C](CCCC)(CCCC)CCCC)[Sn][C](CCCC)(CCCC)CCCC. The van der Waals surface area contributed by atoms with Crippen LogP contribution in [-0.2, 0) is 4.74 Å². The first-order valence-electron chi connectivity index (χ1n) is 16.6. The van der Waals surface area contributed by atoms with E-state index in [4.69, 9.17) is 4.74 Å². The van der Waals surface area contributed by atoms with Gasteiger partial charge in [-0.3, -0.25) is 0 Å². The Bertz CT molecular complexity index is 487. The van der Waals surface area contributed by atoms with Crippen LogP contribution in [0.2, 0.25) is 6.86 Å². The number of unbranched alkanes of at least 4 members (excludes halogenated alkanes) is 6. The molecule has 4 radical (unpaired) electrons. The van der Waals surface area contributed by atoms with Gasteiger partial charge in [-0.1, -0.05) is 0 Å². The van der Waals surface area contributed by atoms with E-state index in [0.29, 0.717) is 6.86 Å². The Morgan fingerprint density at radius 3 is 0.892 bits per heavy atom. The van der Waals surface area contributed by atoms with Crippen LogP contribution in [0.15, 0.2) is 19.7 Å². The van der Waals surface area contributed by atoms with E-state index < -0.39 is 42.3 Å². The molecule has 1 nitrogen and oxygen atoms in total. The van der Waals surface area contributed by atoms with Crippen molar-refractivity contribution in [2.75, 3.05) is 0 Å². The summed E-state index contributed by atoms with van der Waals surface area (Å²) in [6, 6.07) is 0. The second kappa shape index (κ2) is 24.7. The summed E-state index contributed by atoms with van der Waals surface area (Å²) in [7, 11) is 0. The van der Waals surface area contributed by atoms with Crippen LogP contribution in [0.4, 0.5) is 0 Å². The summed E-state index contributed by atoms with van der Waals surface area (Å²) < 4.78 is 11.4. The van der Waals surface area contributed by atoms with Crippen LogP contribution >= 0.6 is 0 Å². The van der Waals surface area contributed by atoms with E-state index in [1.807, 2.05) is 0 Å². The molecule has 0 aromatic heterocycles. The van der Waals surface area contributed by atoms with Gasteiger partial charge in [-0.05, 0) is 0 Å². The van der Waals surface area contributed by atoms with E-state index in [2.05, 4.69) is 67.5 Å². The molecule has 0 rings (SSSR count). The molecule has 0 aliphatic heterocycles. The zero-order valence-corrected chi connectivity index (χ0v) is 32.4. The summed E-state index contributed by atoms with van der Waals surface area (Å²) >= 11 is -1.68. The Morgan fingerprint density at radius 1 is 0.459 bits per heavy atom. The molecule has 0 spiro atoms. The first kappa shape index (κ1) is 37.9.